The van der Waals surface area contributed by atoms with E-state index in [1.165, 1.54) is 18.6 Å². The lowest BCUT2D eigenvalue weighted by Gasteiger charge is -2.77. The van der Waals surface area contributed by atoms with Gasteiger partial charge < -0.3 is 57.6 Å². The van der Waals surface area contributed by atoms with Crippen molar-refractivity contribution in [2.24, 2.45) is 28.1 Å². The first-order valence-electron chi connectivity index (χ1n) is 18.9. The summed E-state index contributed by atoms with van der Waals surface area (Å²) in [6.45, 7) is 9.33. The molecule has 18 nitrogen and oxygen atoms in total. The van der Waals surface area contributed by atoms with Gasteiger partial charge in [0.05, 0.1) is 30.5 Å². The van der Waals surface area contributed by atoms with Gasteiger partial charge in [0.1, 0.15) is 41.7 Å². The van der Waals surface area contributed by atoms with Crippen molar-refractivity contribution in [1.29, 1.82) is 0 Å². The number of carbonyl (C=O) groups is 6. The monoisotopic (exact) mass is 806 g/mol. The molecule has 314 valence electrons. The topological polar surface area (TPSA) is 250 Å². The van der Waals surface area contributed by atoms with Crippen molar-refractivity contribution >= 4 is 35.8 Å². The lowest BCUT2D eigenvalue weighted by atomic mass is 9.32. The summed E-state index contributed by atoms with van der Waals surface area (Å²) in [6, 6.07) is 1.51. The van der Waals surface area contributed by atoms with E-state index in [1.54, 1.807) is 20.8 Å². The summed E-state index contributed by atoms with van der Waals surface area (Å²) in [5.41, 5.74) is -16.5. The van der Waals surface area contributed by atoms with Crippen LogP contribution in [0.4, 0.5) is 0 Å². The van der Waals surface area contributed by atoms with E-state index in [0.717, 1.165) is 41.7 Å². The van der Waals surface area contributed by atoms with Gasteiger partial charge in [-0.1, -0.05) is 20.8 Å². The van der Waals surface area contributed by atoms with Gasteiger partial charge in [-0.25, -0.2) is 0 Å². The molecule has 1 spiro atoms. The average molecular weight is 807 g/mol. The van der Waals surface area contributed by atoms with Crippen LogP contribution in [0.5, 0.6) is 0 Å². The van der Waals surface area contributed by atoms with Crippen LogP contribution in [-0.4, -0.2) is 117 Å². The highest BCUT2D eigenvalue weighted by Gasteiger charge is 3.04. The van der Waals surface area contributed by atoms with E-state index < -0.39 is 142 Å². The van der Waals surface area contributed by atoms with Crippen molar-refractivity contribution in [3.8, 4) is 0 Å². The highest BCUT2D eigenvalue weighted by Crippen LogP contribution is 2.87. The summed E-state index contributed by atoms with van der Waals surface area (Å²) >= 11 is 0. The summed E-state index contributed by atoms with van der Waals surface area (Å²) in [6.07, 6.45) is -7.45. The molecule has 1 aromatic rings. The first-order valence-corrected chi connectivity index (χ1v) is 18.9. The van der Waals surface area contributed by atoms with E-state index in [2.05, 4.69) is 0 Å². The smallest absolute Gasteiger partial charge is 0.305 e. The average Bonchev–Trinajstić information content (AvgIpc) is 3.92. The Bertz CT molecular complexity index is 1900. The quantitative estimate of drug-likeness (QED) is 0.211. The summed E-state index contributed by atoms with van der Waals surface area (Å²) in [5, 5.41) is 41.9. The highest BCUT2D eigenvalue weighted by atomic mass is 16.8. The summed E-state index contributed by atoms with van der Waals surface area (Å²) < 4.78 is 54.5. The zero-order chi connectivity index (χ0) is 42.1. The number of ether oxygens (including phenoxy) is 8. The van der Waals surface area contributed by atoms with Crippen molar-refractivity contribution in [3.05, 3.63) is 24.2 Å². The van der Waals surface area contributed by atoms with Crippen LogP contribution in [0, 0.1) is 28.1 Å². The molecule has 7 rings (SSSR count). The fourth-order valence-corrected chi connectivity index (χ4v) is 12.9. The minimum Gasteiger partial charge on any atom is -0.472 e. The normalized spacial score (nSPS) is 46.0. The van der Waals surface area contributed by atoms with Gasteiger partial charge in [-0.05, 0) is 24.8 Å². The van der Waals surface area contributed by atoms with Crippen molar-refractivity contribution in [2.75, 3.05) is 13.7 Å². The molecule has 1 aromatic heterocycles. The number of methoxy groups -OCH3 is 1. The van der Waals surface area contributed by atoms with Gasteiger partial charge >= 0.3 is 35.8 Å². The van der Waals surface area contributed by atoms with Gasteiger partial charge in [0, 0.05) is 64.4 Å². The van der Waals surface area contributed by atoms with Crippen molar-refractivity contribution in [3.63, 3.8) is 0 Å². The van der Waals surface area contributed by atoms with Crippen LogP contribution in [0.1, 0.15) is 92.7 Å². The number of rotatable bonds is 11. The van der Waals surface area contributed by atoms with Gasteiger partial charge in [-0.15, -0.1) is 0 Å². The Morgan fingerprint density at radius 3 is 2.05 bits per heavy atom. The number of hydrogen-bond donors (Lipinski definition) is 3. The zero-order valence-corrected chi connectivity index (χ0v) is 33.3. The van der Waals surface area contributed by atoms with E-state index in [4.69, 9.17) is 42.3 Å². The van der Waals surface area contributed by atoms with Crippen LogP contribution < -0.4 is 0 Å². The number of aliphatic hydroxyl groups is 3. The summed E-state index contributed by atoms with van der Waals surface area (Å²) in [5.74, 6) is -9.75. The zero-order valence-electron chi connectivity index (χ0n) is 33.3. The molecule has 0 radical (unpaired) electrons. The van der Waals surface area contributed by atoms with E-state index >= 15 is 0 Å². The fourth-order valence-electron chi connectivity index (χ4n) is 12.9. The van der Waals surface area contributed by atoms with E-state index in [9.17, 15) is 44.1 Å². The van der Waals surface area contributed by atoms with Crippen LogP contribution in [-0.2, 0) is 66.7 Å². The standard InChI is InChI=1S/C39H50O18/c1-10-34-14-25-33(8,27(52-19(3)41)23-11-12-50-15-23)28(53-20(4)42)29(54-21(5)43)39(48)35(17-51-18(2)40)24(13-26(45)49-9)32(7)16-36(35,46)37(47,30(32)55-22(6)44)31(56-34)38(25,39)57-34/h11-12,15,24-25,27-31,46-48H,10,13-14,16-17H2,1-9H3. The maximum atomic E-state index is 14.5. The number of fused-ring (bicyclic) bond motifs is 4. The Labute approximate surface area is 327 Å². The van der Waals surface area contributed by atoms with Gasteiger partial charge in [-0.3, -0.25) is 28.8 Å². The highest BCUT2D eigenvalue weighted by molar-refractivity contribution is 5.73. The molecule has 57 heavy (non-hydrogen) atoms. The second-order valence-electron chi connectivity index (χ2n) is 17.1. The fraction of sp³-hybridized carbons (Fsp3) is 0.744. The Balaban J connectivity index is 1.68. The predicted octanol–water partition coefficient (Wildman–Crippen LogP) is 1.34. The van der Waals surface area contributed by atoms with Crippen LogP contribution >= 0.6 is 0 Å². The van der Waals surface area contributed by atoms with Gasteiger partial charge in [0.2, 0.25) is 0 Å². The Morgan fingerprint density at radius 2 is 1.53 bits per heavy atom. The van der Waals surface area contributed by atoms with Crippen molar-refractivity contribution < 1.29 is 86.4 Å². The van der Waals surface area contributed by atoms with E-state index in [1.807, 2.05) is 0 Å². The minimum atomic E-state index is -2.95. The van der Waals surface area contributed by atoms with E-state index in [0.29, 0.717) is 0 Å². The van der Waals surface area contributed by atoms with Gasteiger partial charge in [0.25, 0.3) is 0 Å². The minimum absolute atomic E-state index is 0.0425. The molecule has 15 unspecified atom stereocenters. The maximum absolute atomic E-state index is 14.5. The second-order valence-corrected chi connectivity index (χ2v) is 17.1. The molecule has 3 N–H and O–H groups in total. The molecule has 4 aliphatic carbocycles. The predicted molar refractivity (Wildman–Crippen MR) is 185 cm³/mol. The molecule has 6 fully saturated rings. The summed E-state index contributed by atoms with van der Waals surface area (Å²) in [7, 11) is 1.11. The van der Waals surface area contributed by atoms with Gasteiger partial charge in [0.15, 0.2) is 23.6 Å². The number of esters is 6. The molecule has 4 saturated carbocycles. The molecular formula is C39H50O18. The number of furan rings is 1. The van der Waals surface area contributed by atoms with Crippen LogP contribution in [0.2, 0.25) is 0 Å². The molecule has 15 atom stereocenters. The molecule has 3 heterocycles. The Kier molecular flexibility index (Phi) is 9.15. The Morgan fingerprint density at radius 1 is 0.895 bits per heavy atom. The first-order chi connectivity index (χ1) is 26.5. The van der Waals surface area contributed by atoms with Crippen molar-refractivity contribution in [2.45, 2.75) is 140 Å². The molecule has 2 aliphatic heterocycles. The number of carbonyl (C=O) groups excluding carboxylic acids is 6. The lowest BCUT2D eigenvalue weighted by molar-refractivity contribution is -0.447. The molecule has 2 saturated heterocycles. The first kappa shape index (κ1) is 41.1. The molecule has 18 heteroatoms. The number of hydrogen-bond acceptors (Lipinski definition) is 18. The van der Waals surface area contributed by atoms with Crippen LogP contribution in [0.3, 0.4) is 0 Å². The lowest BCUT2D eigenvalue weighted by Crippen LogP contribution is -2.97. The second kappa shape index (κ2) is 12.7. The third-order valence-corrected chi connectivity index (χ3v) is 14.5. The maximum Gasteiger partial charge on any atom is 0.305 e. The van der Waals surface area contributed by atoms with Crippen molar-refractivity contribution in [1.82, 2.24) is 0 Å². The molecule has 4 bridgehead atoms. The summed E-state index contributed by atoms with van der Waals surface area (Å²) in [4.78, 5) is 79.4. The molecule has 0 aromatic carbocycles. The third kappa shape index (κ3) is 4.70. The van der Waals surface area contributed by atoms with Crippen LogP contribution in [0.15, 0.2) is 23.0 Å². The molecular weight excluding hydrogens is 756 g/mol. The van der Waals surface area contributed by atoms with Gasteiger partial charge in [-0.2, -0.15) is 0 Å². The Hall–Kier alpha value is -4.10. The largest absolute Gasteiger partial charge is 0.472 e. The van der Waals surface area contributed by atoms with Crippen LogP contribution in [0.25, 0.3) is 0 Å². The SMILES string of the molecule is CCC12CC3C(C)(C(OC(C)=O)c4ccoc4)C(OC(C)=O)C(OC(C)=O)C4(O)C3(O1)C(O2)C1(O)C(OC(C)=O)C2(C)CC1(O)C4(COC(C)=O)C2CC(=O)OC. The molecule has 6 aliphatic rings. The van der Waals surface area contributed by atoms with E-state index in [-0.39, 0.29) is 18.4 Å². The third-order valence-electron chi connectivity index (χ3n) is 14.5. The molecule has 0 amide bonds.